The fourth-order valence-corrected chi connectivity index (χ4v) is 5.38. The molecule has 3 N–H and O–H groups in total. The van der Waals surface area contributed by atoms with Gasteiger partial charge in [-0.25, -0.2) is 18.1 Å². The lowest BCUT2D eigenvalue weighted by Gasteiger charge is -2.16. The molecule has 7 heteroatoms. The molecule has 28 heavy (non-hydrogen) atoms. The van der Waals surface area contributed by atoms with E-state index in [2.05, 4.69) is 20.8 Å². The molecule has 0 amide bonds. The van der Waals surface area contributed by atoms with E-state index < -0.39 is 22.2 Å². The summed E-state index contributed by atoms with van der Waals surface area (Å²) >= 11 is 0. The molecule has 2 atom stereocenters. The lowest BCUT2D eigenvalue weighted by atomic mass is 10.0. The van der Waals surface area contributed by atoms with Gasteiger partial charge in [-0.3, -0.25) is 0 Å². The summed E-state index contributed by atoms with van der Waals surface area (Å²) in [4.78, 5) is 8.06. The van der Waals surface area contributed by atoms with Crippen LogP contribution in [-0.2, 0) is 10.0 Å². The number of aromatic nitrogens is 2. The summed E-state index contributed by atoms with van der Waals surface area (Å²) in [5.41, 5.74) is 4.09. The summed E-state index contributed by atoms with van der Waals surface area (Å²) in [6.07, 6.45) is 5.76. The zero-order chi connectivity index (χ0) is 19.3. The van der Waals surface area contributed by atoms with Crippen molar-refractivity contribution in [3.05, 3.63) is 48.3 Å². The smallest absolute Gasteiger partial charge is 0.240 e. The normalized spacial score (nSPS) is 22.8. The second kappa shape index (κ2) is 6.69. The van der Waals surface area contributed by atoms with E-state index >= 15 is 0 Å². The van der Waals surface area contributed by atoms with Gasteiger partial charge in [-0.1, -0.05) is 12.1 Å². The van der Waals surface area contributed by atoms with Crippen LogP contribution in [0.25, 0.3) is 22.2 Å². The number of aliphatic hydroxyl groups is 1. The molecule has 2 fully saturated rings. The Morgan fingerprint density at radius 2 is 1.86 bits per heavy atom. The SMILES string of the molecule is O=S(=O)(NC1CCCC1O)c1ccc(-c2ccnc3[nH]c(C4CC4)cc23)cc1. The van der Waals surface area contributed by atoms with Crippen LogP contribution in [0.3, 0.4) is 0 Å². The summed E-state index contributed by atoms with van der Waals surface area (Å²) in [5, 5.41) is 11.0. The lowest BCUT2D eigenvalue weighted by molar-refractivity contribution is 0.159. The highest BCUT2D eigenvalue weighted by molar-refractivity contribution is 7.89. The quantitative estimate of drug-likeness (QED) is 0.616. The number of hydrogen-bond acceptors (Lipinski definition) is 4. The Balaban J connectivity index is 1.44. The van der Waals surface area contributed by atoms with Gasteiger partial charge in [0.25, 0.3) is 0 Å². The first-order valence-corrected chi connectivity index (χ1v) is 11.3. The van der Waals surface area contributed by atoms with E-state index in [4.69, 9.17) is 0 Å². The Kier molecular flexibility index (Phi) is 4.26. The van der Waals surface area contributed by atoms with Gasteiger partial charge in [0.05, 0.1) is 11.0 Å². The number of sulfonamides is 1. The maximum absolute atomic E-state index is 12.6. The molecule has 2 aliphatic rings. The van der Waals surface area contributed by atoms with Gasteiger partial charge in [0.2, 0.25) is 10.0 Å². The molecular formula is C21H23N3O3S. The van der Waals surface area contributed by atoms with Crippen molar-refractivity contribution in [2.24, 2.45) is 0 Å². The predicted octanol–water partition coefficient (Wildman–Crippen LogP) is 3.30. The topological polar surface area (TPSA) is 95.1 Å². The van der Waals surface area contributed by atoms with E-state index in [-0.39, 0.29) is 4.90 Å². The molecule has 146 valence electrons. The third kappa shape index (κ3) is 3.23. The number of rotatable bonds is 5. The van der Waals surface area contributed by atoms with E-state index in [1.165, 1.54) is 18.5 Å². The average molecular weight is 398 g/mol. The van der Waals surface area contributed by atoms with Gasteiger partial charge in [-0.15, -0.1) is 0 Å². The van der Waals surface area contributed by atoms with Crippen LogP contribution in [0.5, 0.6) is 0 Å². The van der Waals surface area contributed by atoms with Crippen LogP contribution in [0, 0.1) is 0 Å². The van der Waals surface area contributed by atoms with Crippen molar-refractivity contribution >= 4 is 21.1 Å². The Morgan fingerprint density at radius 3 is 2.54 bits per heavy atom. The second-order valence-corrected chi connectivity index (χ2v) is 9.58. The fraction of sp³-hybridized carbons (Fsp3) is 0.381. The predicted molar refractivity (Wildman–Crippen MR) is 107 cm³/mol. The number of pyridine rings is 1. The number of nitrogens with zero attached hydrogens (tertiary/aromatic N) is 1. The first kappa shape index (κ1) is 17.8. The van der Waals surface area contributed by atoms with Gasteiger partial charge in [0, 0.05) is 23.3 Å². The molecule has 0 aliphatic heterocycles. The number of hydrogen-bond donors (Lipinski definition) is 3. The third-order valence-electron chi connectivity index (χ3n) is 5.83. The molecule has 0 spiro atoms. The minimum absolute atomic E-state index is 0.216. The standard InChI is InChI=1S/C21H23N3O3S/c25-20-3-1-2-18(20)24-28(26,27)15-8-6-13(7-9-15)16-10-11-22-21-17(16)12-19(23-21)14-4-5-14/h6-12,14,18,20,24-25H,1-5H2,(H,22,23). The summed E-state index contributed by atoms with van der Waals surface area (Å²) in [6.45, 7) is 0. The minimum atomic E-state index is -3.65. The van der Waals surface area contributed by atoms with Crippen LogP contribution in [0.2, 0.25) is 0 Å². The number of H-pyrrole nitrogens is 1. The van der Waals surface area contributed by atoms with Crippen molar-refractivity contribution < 1.29 is 13.5 Å². The van der Waals surface area contributed by atoms with E-state index in [9.17, 15) is 13.5 Å². The molecule has 2 saturated carbocycles. The Labute approximate surface area is 164 Å². The van der Waals surface area contributed by atoms with Crippen LogP contribution >= 0.6 is 0 Å². The highest BCUT2D eigenvalue weighted by Crippen LogP contribution is 2.41. The van der Waals surface area contributed by atoms with E-state index in [1.807, 2.05) is 18.2 Å². The molecule has 2 heterocycles. The van der Waals surface area contributed by atoms with Gasteiger partial charge in [-0.05, 0) is 73.4 Å². The molecule has 2 unspecified atom stereocenters. The van der Waals surface area contributed by atoms with Crippen molar-refractivity contribution in [3.8, 4) is 11.1 Å². The zero-order valence-electron chi connectivity index (χ0n) is 15.4. The van der Waals surface area contributed by atoms with Gasteiger partial charge >= 0.3 is 0 Å². The summed E-state index contributed by atoms with van der Waals surface area (Å²) in [6, 6.07) is 10.6. The average Bonchev–Trinajstić information content (AvgIpc) is 3.33. The van der Waals surface area contributed by atoms with Crippen LogP contribution in [-0.4, -0.2) is 35.6 Å². The molecule has 6 nitrogen and oxygen atoms in total. The van der Waals surface area contributed by atoms with Crippen molar-refractivity contribution in [2.45, 2.75) is 55.1 Å². The van der Waals surface area contributed by atoms with Crippen LogP contribution < -0.4 is 4.72 Å². The van der Waals surface area contributed by atoms with Gasteiger partial charge in [0.1, 0.15) is 5.65 Å². The van der Waals surface area contributed by atoms with Gasteiger partial charge in [0.15, 0.2) is 0 Å². The number of fused-ring (bicyclic) bond motifs is 1. The zero-order valence-corrected chi connectivity index (χ0v) is 16.2. The maximum Gasteiger partial charge on any atom is 0.240 e. The lowest BCUT2D eigenvalue weighted by Crippen LogP contribution is -2.39. The van der Waals surface area contributed by atoms with Crippen molar-refractivity contribution in [3.63, 3.8) is 0 Å². The van der Waals surface area contributed by atoms with Crippen LogP contribution in [0.1, 0.15) is 43.7 Å². The molecule has 2 aliphatic carbocycles. The Hall–Kier alpha value is -2.22. The first-order valence-electron chi connectivity index (χ1n) is 9.80. The molecule has 0 bridgehead atoms. The van der Waals surface area contributed by atoms with Crippen molar-refractivity contribution in [1.82, 2.24) is 14.7 Å². The monoisotopic (exact) mass is 397 g/mol. The van der Waals surface area contributed by atoms with Crippen molar-refractivity contribution in [1.29, 1.82) is 0 Å². The second-order valence-electron chi connectivity index (χ2n) is 7.87. The van der Waals surface area contributed by atoms with Gasteiger partial charge < -0.3 is 10.1 Å². The molecule has 5 rings (SSSR count). The third-order valence-corrected chi connectivity index (χ3v) is 7.34. The largest absolute Gasteiger partial charge is 0.391 e. The van der Waals surface area contributed by atoms with Crippen LogP contribution in [0.4, 0.5) is 0 Å². The number of benzene rings is 1. The molecule has 1 aromatic carbocycles. The van der Waals surface area contributed by atoms with Crippen LogP contribution in [0.15, 0.2) is 47.5 Å². The number of aliphatic hydroxyl groups excluding tert-OH is 1. The minimum Gasteiger partial charge on any atom is -0.391 e. The maximum atomic E-state index is 12.6. The highest BCUT2D eigenvalue weighted by Gasteiger charge is 2.30. The van der Waals surface area contributed by atoms with E-state index in [1.54, 1.807) is 18.3 Å². The summed E-state index contributed by atoms with van der Waals surface area (Å²) in [5.74, 6) is 0.617. The molecule has 3 aromatic rings. The highest BCUT2D eigenvalue weighted by atomic mass is 32.2. The molecule has 0 radical (unpaired) electrons. The number of nitrogens with one attached hydrogen (secondary N) is 2. The summed E-state index contributed by atoms with van der Waals surface area (Å²) in [7, 11) is -3.65. The summed E-state index contributed by atoms with van der Waals surface area (Å²) < 4.78 is 27.9. The number of aromatic amines is 1. The Bertz CT molecular complexity index is 1120. The molecule has 0 saturated heterocycles. The van der Waals surface area contributed by atoms with Crippen molar-refractivity contribution in [2.75, 3.05) is 0 Å². The van der Waals surface area contributed by atoms with E-state index in [0.717, 1.165) is 28.6 Å². The Morgan fingerprint density at radius 1 is 1.07 bits per heavy atom. The van der Waals surface area contributed by atoms with Gasteiger partial charge in [-0.2, -0.15) is 0 Å². The van der Waals surface area contributed by atoms with E-state index in [0.29, 0.717) is 18.8 Å². The fourth-order valence-electron chi connectivity index (χ4n) is 4.07. The molecule has 2 aromatic heterocycles. The molecular weight excluding hydrogens is 374 g/mol. The first-order chi connectivity index (χ1) is 13.5.